The van der Waals surface area contributed by atoms with Crippen LogP contribution in [0, 0.1) is 11.8 Å². The molecule has 15 heavy (non-hydrogen) atoms. The Morgan fingerprint density at radius 1 is 1.20 bits per heavy atom. The van der Waals surface area contributed by atoms with Crippen molar-refractivity contribution >= 4 is 11.6 Å². The van der Waals surface area contributed by atoms with Crippen molar-refractivity contribution in [1.82, 2.24) is 0 Å². The summed E-state index contributed by atoms with van der Waals surface area (Å²) in [5, 5.41) is 0. The quantitative estimate of drug-likeness (QED) is 0.407. The molecule has 0 N–H and O–H groups in total. The molecule has 0 fully saturated rings. The maximum absolute atomic E-state index is 5.57. The smallest absolute Gasteiger partial charge is 0.0245 e. The Kier molecular flexibility index (Phi) is 5.29. The van der Waals surface area contributed by atoms with Crippen molar-refractivity contribution in [3.63, 3.8) is 0 Å². The maximum atomic E-state index is 5.57. The molecule has 1 heteroatoms. The molecule has 0 saturated heterocycles. The molecule has 0 nitrogen and oxygen atoms in total. The zero-order valence-electron chi connectivity index (χ0n) is 9.39. The first-order valence-electron chi connectivity index (χ1n) is 5.39. The van der Waals surface area contributed by atoms with Gasteiger partial charge in [-0.1, -0.05) is 37.8 Å². The van der Waals surface area contributed by atoms with E-state index in [-0.39, 0.29) is 0 Å². The van der Waals surface area contributed by atoms with Crippen molar-refractivity contribution in [2.45, 2.75) is 32.6 Å². The average molecular weight is 221 g/mol. The van der Waals surface area contributed by atoms with E-state index in [1.165, 1.54) is 5.56 Å². The van der Waals surface area contributed by atoms with E-state index in [1.807, 2.05) is 0 Å². The topological polar surface area (TPSA) is 0 Å². The van der Waals surface area contributed by atoms with Gasteiger partial charge in [-0.25, -0.2) is 0 Å². The zero-order chi connectivity index (χ0) is 11.1. The van der Waals surface area contributed by atoms with Gasteiger partial charge in [-0.05, 0) is 30.0 Å². The second-order valence-corrected chi connectivity index (χ2v) is 4.25. The Labute approximate surface area is 97.7 Å². The first kappa shape index (κ1) is 12.1. The minimum absolute atomic E-state index is 0.586. The summed E-state index contributed by atoms with van der Waals surface area (Å²) in [7, 11) is 0. The summed E-state index contributed by atoms with van der Waals surface area (Å²) in [5.41, 5.74) is 2.45. The Morgan fingerprint density at radius 3 is 2.40 bits per heavy atom. The highest BCUT2D eigenvalue weighted by Gasteiger charge is 1.96. The van der Waals surface area contributed by atoms with Crippen LogP contribution in [0.5, 0.6) is 0 Å². The van der Waals surface area contributed by atoms with Crippen molar-refractivity contribution < 1.29 is 0 Å². The molecule has 0 saturated carbocycles. The van der Waals surface area contributed by atoms with Crippen LogP contribution in [0.1, 0.15) is 43.7 Å². The van der Waals surface area contributed by atoms with Gasteiger partial charge in [-0.15, -0.1) is 11.6 Å². The van der Waals surface area contributed by atoms with Crippen LogP contribution in [0.15, 0.2) is 24.3 Å². The van der Waals surface area contributed by atoms with E-state index in [1.54, 1.807) is 0 Å². The van der Waals surface area contributed by atoms with Crippen LogP contribution in [0.2, 0.25) is 0 Å². The summed E-state index contributed by atoms with van der Waals surface area (Å²) >= 11 is 5.57. The summed E-state index contributed by atoms with van der Waals surface area (Å²) < 4.78 is 0. The van der Waals surface area contributed by atoms with Gasteiger partial charge in [0.2, 0.25) is 0 Å². The van der Waals surface area contributed by atoms with E-state index in [0.29, 0.717) is 11.8 Å². The van der Waals surface area contributed by atoms with Gasteiger partial charge in [0, 0.05) is 17.9 Å². The monoisotopic (exact) mass is 220 g/mol. The number of halogens is 1. The van der Waals surface area contributed by atoms with E-state index < -0.39 is 0 Å². The lowest BCUT2D eigenvalue weighted by Gasteiger charge is -2.03. The molecule has 0 aliphatic carbocycles. The van der Waals surface area contributed by atoms with Gasteiger partial charge in [0.05, 0.1) is 0 Å². The van der Waals surface area contributed by atoms with Crippen LogP contribution in [-0.2, 0) is 0 Å². The van der Waals surface area contributed by atoms with Crippen molar-refractivity contribution in [2.24, 2.45) is 0 Å². The van der Waals surface area contributed by atoms with Crippen molar-refractivity contribution in [3.05, 3.63) is 35.4 Å². The number of hydrogen-bond donors (Lipinski definition) is 0. The average Bonchev–Trinajstić information content (AvgIpc) is 2.25. The summed E-state index contributed by atoms with van der Waals surface area (Å²) in [5.74, 6) is 7.54. The van der Waals surface area contributed by atoms with Gasteiger partial charge >= 0.3 is 0 Å². The summed E-state index contributed by atoms with van der Waals surface area (Å²) in [6.07, 6.45) is 1.86. The molecule has 0 heterocycles. The number of alkyl halides is 1. The molecule has 0 radical (unpaired) electrons. The Balaban J connectivity index is 2.59. The van der Waals surface area contributed by atoms with Crippen LogP contribution in [-0.4, -0.2) is 5.88 Å². The second-order valence-electron chi connectivity index (χ2n) is 3.87. The Hall–Kier alpha value is -0.930. The number of unbranched alkanes of at least 4 members (excludes halogenated alkanes) is 1. The van der Waals surface area contributed by atoms with Gasteiger partial charge in [0.25, 0.3) is 0 Å². The number of hydrogen-bond acceptors (Lipinski definition) is 0. The fraction of sp³-hybridized carbons (Fsp3) is 0.429. The molecule has 0 unspecified atom stereocenters. The summed E-state index contributed by atoms with van der Waals surface area (Å²) in [6.45, 7) is 4.39. The lowest BCUT2D eigenvalue weighted by molar-refractivity contribution is 0.866. The van der Waals surface area contributed by atoms with Gasteiger partial charge in [0.15, 0.2) is 0 Å². The standard InChI is InChI=1S/C14H17Cl/c1-12(2)14-9-7-13(8-10-14)6-4-3-5-11-15/h7-10,12H,3,5,11H2,1-2H3. The predicted octanol–water partition coefficient (Wildman–Crippen LogP) is 4.18. The number of benzene rings is 1. The van der Waals surface area contributed by atoms with Gasteiger partial charge in [-0.2, -0.15) is 0 Å². The molecule has 1 aromatic carbocycles. The maximum Gasteiger partial charge on any atom is 0.0245 e. The molecule has 80 valence electrons. The lowest BCUT2D eigenvalue weighted by Crippen LogP contribution is -1.86. The zero-order valence-corrected chi connectivity index (χ0v) is 10.1. The molecule has 0 bridgehead atoms. The largest absolute Gasteiger partial charge is 0.127 e. The molecule has 0 aliphatic heterocycles. The highest BCUT2D eigenvalue weighted by atomic mass is 35.5. The molecule has 1 rings (SSSR count). The van der Waals surface area contributed by atoms with Crippen LogP contribution in [0.25, 0.3) is 0 Å². The van der Waals surface area contributed by atoms with E-state index in [0.717, 1.165) is 18.4 Å². The van der Waals surface area contributed by atoms with Crippen LogP contribution in [0.4, 0.5) is 0 Å². The predicted molar refractivity (Wildman–Crippen MR) is 67.4 cm³/mol. The van der Waals surface area contributed by atoms with E-state index >= 15 is 0 Å². The Bertz CT molecular complexity index is 338. The molecule has 0 spiro atoms. The van der Waals surface area contributed by atoms with E-state index in [4.69, 9.17) is 11.6 Å². The van der Waals surface area contributed by atoms with Crippen molar-refractivity contribution in [3.8, 4) is 11.8 Å². The van der Waals surface area contributed by atoms with E-state index in [9.17, 15) is 0 Å². The Morgan fingerprint density at radius 2 is 1.87 bits per heavy atom. The second kappa shape index (κ2) is 6.53. The SMILES string of the molecule is CC(C)c1ccc(C#CCCCCl)cc1. The molecule has 0 aromatic heterocycles. The van der Waals surface area contributed by atoms with Crippen LogP contribution in [0.3, 0.4) is 0 Å². The summed E-state index contributed by atoms with van der Waals surface area (Å²) in [6, 6.07) is 8.47. The van der Waals surface area contributed by atoms with Crippen LogP contribution < -0.4 is 0 Å². The fourth-order valence-corrected chi connectivity index (χ4v) is 1.40. The molecule has 1 aromatic rings. The first-order chi connectivity index (χ1) is 7.24. The van der Waals surface area contributed by atoms with Crippen molar-refractivity contribution in [2.75, 3.05) is 5.88 Å². The van der Waals surface area contributed by atoms with Gasteiger partial charge < -0.3 is 0 Å². The minimum atomic E-state index is 0.586. The third-order valence-electron chi connectivity index (χ3n) is 2.25. The van der Waals surface area contributed by atoms with Crippen molar-refractivity contribution in [1.29, 1.82) is 0 Å². The molecule has 0 aliphatic rings. The molecular formula is C14H17Cl. The molecule has 0 atom stereocenters. The third-order valence-corrected chi connectivity index (χ3v) is 2.51. The fourth-order valence-electron chi connectivity index (χ4n) is 1.27. The van der Waals surface area contributed by atoms with E-state index in [2.05, 4.69) is 50.0 Å². The third kappa shape index (κ3) is 4.40. The molecular weight excluding hydrogens is 204 g/mol. The van der Waals surface area contributed by atoms with Gasteiger partial charge in [-0.3, -0.25) is 0 Å². The van der Waals surface area contributed by atoms with Crippen LogP contribution >= 0.6 is 11.6 Å². The summed E-state index contributed by atoms with van der Waals surface area (Å²) in [4.78, 5) is 0. The normalized spacial score (nSPS) is 9.87. The highest BCUT2D eigenvalue weighted by Crippen LogP contribution is 2.14. The first-order valence-corrected chi connectivity index (χ1v) is 5.92. The molecule has 0 amide bonds. The van der Waals surface area contributed by atoms with Gasteiger partial charge in [0.1, 0.15) is 0 Å². The lowest BCUT2D eigenvalue weighted by atomic mass is 10.0. The minimum Gasteiger partial charge on any atom is -0.127 e. The number of rotatable bonds is 3. The highest BCUT2D eigenvalue weighted by molar-refractivity contribution is 6.17.